The van der Waals surface area contributed by atoms with Crippen LogP contribution in [0.2, 0.25) is 5.15 Å². The molecule has 1 aliphatic rings. The smallest absolute Gasteiger partial charge is 0.165 e. The average Bonchev–Trinajstić information content (AvgIpc) is 3.34. The summed E-state index contributed by atoms with van der Waals surface area (Å²) in [6.07, 6.45) is 6.32. The number of benzene rings is 1. The fraction of sp³-hybridized carbons (Fsp3) is 0.222. The van der Waals surface area contributed by atoms with Crippen LogP contribution in [0.4, 0.5) is 20.3 Å². The van der Waals surface area contributed by atoms with E-state index >= 15 is 0 Å². The van der Waals surface area contributed by atoms with Gasteiger partial charge in [-0.2, -0.15) is 0 Å². The van der Waals surface area contributed by atoms with E-state index in [-0.39, 0.29) is 11.0 Å². The molecule has 198 valence electrons. The molecule has 4 aromatic heterocycles. The van der Waals surface area contributed by atoms with Gasteiger partial charge in [0.1, 0.15) is 17.7 Å². The van der Waals surface area contributed by atoms with Crippen molar-refractivity contribution >= 4 is 34.3 Å². The molecule has 0 bridgehead atoms. The van der Waals surface area contributed by atoms with Crippen molar-refractivity contribution in [3.8, 4) is 11.3 Å². The summed E-state index contributed by atoms with van der Waals surface area (Å²) in [6, 6.07) is 11.0. The van der Waals surface area contributed by atoms with Crippen molar-refractivity contribution < 1.29 is 8.78 Å². The largest absolute Gasteiger partial charge is 0.382 e. The third-order valence-electron chi connectivity index (χ3n) is 7.05. The van der Waals surface area contributed by atoms with Crippen LogP contribution in [-0.2, 0) is 12.1 Å². The number of nitrogens with zero attached hydrogens (tertiary/aromatic N) is 7. The third-order valence-corrected chi connectivity index (χ3v) is 7.32. The Kier molecular flexibility index (Phi) is 6.32. The van der Waals surface area contributed by atoms with Crippen LogP contribution in [0.25, 0.3) is 22.4 Å². The van der Waals surface area contributed by atoms with Crippen LogP contribution < -0.4 is 16.4 Å². The van der Waals surface area contributed by atoms with Crippen LogP contribution in [0.5, 0.6) is 0 Å². The van der Waals surface area contributed by atoms with Crippen molar-refractivity contribution in [2.24, 2.45) is 5.73 Å². The number of piperidine rings is 1. The van der Waals surface area contributed by atoms with Gasteiger partial charge in [-0.3, -0.25) is 4.98 Å². The predicted octanol–water partition coefficient (Wildman–Crippen LogP) is 4.30. The minimum atomic E-state index is -0.841. The molecule has 1 fully saturated rings. The Labute approximate surface area is 227 Å². The number of nitrogen functional groups attached to an aromatic ring is 1. The van der Waals surface area contributed by atoms with Gasteiger partial charge >= 0.3 is 0 Å². The van der Waals surface area contributed by atoms with Gasteiger partial charge in [-0.25, -0.2) is 28.7 Å². The highest BCUT2D eigenvalue weighted by molar-refractivity contribution is 6.29. The van der Waals surface area contributed by atoms with Crippen LogP contribution >= 0.6 is 11.6 Å². The minimum absolute atomic E-state index is 0.200. The monoisotopic (exact) mass is 547 g/mol. The normalized spacial score (nSPS) is 17.6. The molecule has 0 saturated carbocycles. The van der Waals surface area contributed by atoms with Gasteiger partial charge in [0.2, 0.25) is 0 Å². The van der Waals surface area contributed by atoms with Gasteiger partial charge in [0, 0.05) is 18.7 Å². The van der Waals surface area contributed by atoms with Gasteiger partial charge in [0.25, 0.3) is 0 Å². The number of pyridine rings is 2. The number of halogens is 3. The molecule has 1 atom stereocenters. The molecular weight excluding hydrogens is 524 g/mol. The van der Waals surface area contributed by atoms with E-state index in [1.54, 1.807) is 30.7 Å². The number of aromatic nitrogens is 6. The number of anilines is 2. The average molecular weight is 548 g/mol. The summed E-state index contributed by atoms with van der Waals surface area (Å²) in [6.45, 7) is 1.57. The molecular formula is C27H24ClF2N9. The first-order valence-electron chi connectivity index (χ1n) is 12.3. The van der Waals surface area contributed by atoms with Crippen molar-refractivity contribution in [1.82, 2.24) is 29.5 Å². The molecule has 1 saturated heterocycles. The van der Waals surface area contributed by atoms with E-state index in [1.807, 2.05) is 10.6 Å². The highest BCUT2D eigenvalue weighted by atomic mass is 35.5. The molecule has 6 rings (SSSR count). The molecule has 1 aromatic carbocycles. The number of hydrogen-bond donors (Lipinski definition) is 2. The molecule has 5 aromatic rings. The summed E-state index contributed by atoms with van der Waals surface area (Å²) in [5, 5.41) is -0.200. The Balaban J connectivity index is 1.41. The third kappa shape index (κ3) is 4.75. The summed E-state index contributed by atoms with van der Waals surface area (Å²) in [4.78, 5) is 23.9. The van der Waals surface area contributed by atoms with Gasteiger partial charge in [0.15, 0.2) is 22.4 Å². The molecule has 39 heavy (non-hydrogen) atoms. The van der Waals surface area contributed by atoms with Gasteiger partial charge in [-0.05, 0) is 60.9 Å². The van der Waals surface area contributed by atoms with Crippen molar-refractivity contribution in [2.45, 2.75) is 24.9 Å². The van der Waals surface area contributed by atoms with Crippen LogP contribution in [0.3, 0.4) is 0 Å². The summed E-state index contributed by atoms with van der Waals surface area (Å²) >= 11 is 5.98. The molecule has 0 amide bonds. The Morgan fingerprint density at radius 3 is 2.64 bits per heavy atom. The number of rotatable bonds is 5. The number of hydrogen-bond acceptors (Lipinski definition) is 8. The molecule has 9 nitrogen and oxygen atoms in total. The maximum Gasteiger partial charge on any atom is 0.165 e. The standard InChI is InChI=1S/C27H24ClF2N9/c28-24-19(30)6-7-22(37-24)27(32)8-1-9-38(13-27)21-11-33-20(16-2-4-18(29)5-3-16)10-17(21)12-39-15-36-23-25(31)34-14-35-26(23)39/h2-7,10-11,14-15H,1,8-9,12-13,32H2,(H2,31,34,35)/t27-/m1/s1. The second-order valence-electron chi connectivity index (χ2n) is 9.66. The van der Waals surface area contributed by atoms with Crippen LogP contribution in [-0.4, -0.2) is 42.6 Å². The molecule has 5 heterocycles. The summed E-state index contributed by atoms with van der Waals surface area (Å²) in [5.74, 6) is -0.605. The van der Waals surface area contributed by atoms with Crippen molar-refractivity contribution in [3.05, 3.63) is 89.4 Å². The SMILES string of the molecule is Nc1ncnc2c1ncn2Cc1cc(-c2ccc(F)cc2)ncc1N1CCC[C@](N)(c2ccc(F)c(Cl)n2)C1. The molecule has 4 N–H and O–H groups in total. The second-order valence-corrected chi connectivity index (χ2v) is 10.0. The summed E-state index contributed by atoms with van der Waals surface area (Å²) in [5.41, 5.74) is 16.9. The molecule has 0 aliphatic carbocycles. The van der Waals surface area contributed by atoms with Crippen molar-refractivity contribution in [1.29, 1.82) is 0 Å². The van der Waals surface area contributed by atoms with Crippen molar-refractivity contribution in [2.75, 3.05) is 23.7 Å². The van der Waals surface area contributed by atoms with Gasteiger partial charge in [-0.15, -0.1) is 0 Å². The first-order valence-corrected chi connectivity index (χ1v) is 12.7. The predicted molar refractivity (Wildman–Crippen MR) is 145 cm³/mol. The minimum Gasteiger partial charge on any atom is -0.382 e. The quantitative estimate of drug-likeness (QED) is 0.312. The first kappa shape index (κ1) is 25.1. The number of imidazole rings is 1. The van der Waals surface area contributed by atoms with E-state index in [1.165, 1.54) is 24.5 Å². The zero-order valence-electron chi connectivity index (χ0n) is 20.7. The lowest BCUT2D eigenvalue weighted by Gasteiger charge is -2.41. The molecule has 12 heteroatoms. The topological polar surface area (TPSA) is 125 Å². The van der Waals surface area contributed by atoms with Gasteiger partial charge < -0.3 is 20.9 Å². The Morgan fingerprint density at radius 2 is 1.85 bits per heavy atom. The maximum atomic E-state index is 13.8. The lowest BCUT2D eigenvalue weighted by atomic mass is 9.86. The molecule has 0 spiro atoms. The highest BCUT2D eigenvalue weighted by Crippen LogP contribution is 2.35. The first-order chi connectivity index (χ1) is 18.8. The van der Waals surface area contributed by atoms with E-state index in [0.717, 1.165) is 29.8 Å². The zero-order valence-corrected chi connectivity index (χ0v) is 21.5. The molecule has 0 unspecified atom stereocenters. The van der Waals surface area contributed by atoms with E-state index in [2.05, 4.69) is 24.8 Å². The van der Waals surface area contributed by atoms with Crippen molar-refractivity contribution in [3.63, 3.8) is 0 Å². The van der Waals surface area contributed by atoms with Crippen LogP contribution in [0.15, 0.2) is 61.3 Å². The van der Waals surface area contributed by atoms with E-state index in [0.29, 0.717) is 47.9 Å². The van der Waals surface area contributed by atoms with E-state index < -0.39 is 11.4 Å². The van der Waals surface area contributed by atoms with Gasteiger partial charge in [-0.1, -0.05) is 11.6 Å². The van der Waals surface area contributed by atoms with Crippen LogP contribution in [0.1, 0.15) is 24.1 Å². The number of nitrogens with two attached hydrogens (primary N) is 2. The Morgan fingerprint density at radius 1 is 1.03 bits per heavy atom. The number of fused-ring (bicyclic) bond motifs is 1. The van der Waals surface area contributed by atoms with Crippen LogP contribution in [0, 0.1) is 11.6 Å². The van der Waals surface area contributed by atoms with Gasteiger partial charge in [0.05, 0.1) is 41.7 Å². The Hall–Kier alpha value is -4.22. The highest BCUT2D eigenvalue weighted by Gasteiger charge is 2.36. The lowest BCUT2D eigenvalue weighted by molar-refractivity contribution is 0.344. The fourth-order valence-corrected chi connectivity index (χ4v) is 5.23. The Bertz CT molecular complexity index is 1670. The molecule has 1 aliphatic heterocycles. The maximum absolute atomic E-state index is 13.8. The zero-order chi connectivity index (χ0) is 27.1. The van der Waals surface area contributed by atoms with E-state index in [4.69, 9.17) is 28.1 Å². The second kappa shape index (κ2) is 9.83. The molecule has 0 radical (unpaired) electrons. The lowest BCUT2D eigenvalue weighted by Crippen LogP contribution is -2.52. The van der Waals surface area contributed by atoms with E-state index in [9.17, 15) is 8.78 Å². The summed E-state index contributed by atoms with van der Waals surface area (Å²) in [7, 11) is 0. The summed E-state index contributed by atoms with van der Waals surface area (Å²) < 4.78 is 29.3. The fourth-order valence-electron chi connectivity index (χ4n) is 5.07.